The Labute approximate surface area is 162 Å². The molecule has 0 unspecified atom stereocenters. The number of carbonyl (C=O) groups is 1. The van der Waals surface area contributed by atoms with E-state index < -0.39 is 11.6 Å². The first-order valence-corrected chi connectivity index (χ1v) is 8.81. The van der Waals surface area contributed by atoms with E-state index in [4.69, 9.17) is 13.9 Å². The van der Waals surface area contributed by atoms with Gasteiger partial charge in [0.2, 0.25) is 0 Å². The molecule has 3 rings (SSSR count). The average molecular weight is 431 g/mol. The van der Waals surface area contributed by atoms with Crippen LogP contribution in [0, 0.1) is 0 Å². The van der Waals surface area contributed by atoms with Crippen LogP contribution in [-0.2, 0) is 4.74 Å². The summed E-state index contributed by atoms with van der Waals surface area (Å²) in [4.78, 5) is 24.0. The molecule has 8 heteroatoms. The maximum absolute atomic E-state index is 12.1. The first kappa shape index (κ1) is 18.8. The van der Waals surface area contributed by atoms with Gasteiger partial charge in [0.25, 0.3) is 0 Å². The van der Waals surface area contributed by atoms with Crippen molar-refractivity contribution in [2.24, 2.45) is 10.2 Å². The first-order chi connectivity index (χ1) is 13.0. The zero-order valence-electron chi connectivity index (χ0n) is 14.6. The van der Waals surface area contributed by atoms with Gasteiger partial charge in [-0.3, -0.25) is 0 Å². The van der Waals surface area contributed by atoms with Gasteiger partial charge in [0.1, 0.15) is 5.56 Å². The van der Waals surface area contributed by atoms with Gasteiger partial charge in [-0.15, -0.1) is 0 Å². The Bertz CT molecular complexity index is 1070. The predicted octanol–water partition coefficient (Wildman–Crippen LogP) is 5.16. The van der Waals surface area contributed by atoms with Crippen molar-refractivity contribution >= 4 is 44.2 Å². The molecule has 0 saturated carbocycles. The molecule has 2 aromatic carbocycles. The SMILES string of the molecule is CCOC(=O)c1cc2cc(N=Nc3ccc(Br)cc3)cc(OC)c2oc1=O. The Morgan fingerprint density at radius 1 is 1.11 bits per heavy atom. The summed E-state index contributed by atoms with van der Waals surface area (Å²) < 4.78 is 16.4. The number of azo groups is 1. The van der Waals surface area contributed by atoms with Crippen LogP contribution in [-0.4, -0.2) is 19.7 Å². The van der Waals surface area contributed by atoms with E-state index in [2.05, 4.69) is 26.2 Å². The highest BCUT2D eigenvalue weighted by atomic mass is 79.9. The summed E-state index contributed by atoms with van der Waals surface area (Å²) in [5.41, 5.74) is 0.394. The Balaban J connectivity index is 2.06. The number of hydrogen-bond donors (Lipinski definition) is 0. The molecule has 0 N–H and O–H groups in total. The highest BCUT2D eigenvalue weighted by molar-refractivity contribution is 9.10. The van der Waals surface area contributed by atoms with Crippen LogP contribution in [0.3, 0.4) is 0 Å². The number of fused-ring (bicyclic) bond motifs is 1. The van der Waals surface area contributed by atoms with Crippen LogP contribution in [0.1, 0.15) is 17.3 Å². The molecule has 0 saturated heterocycles. The van der Waals surface area contributed by atoms with Crippen LogP contribution in [0.5, 0.6) is 5.75 Å². The molecule has 0 amide bonds. The summed E-state index contributed by atoms with van der Waals surface area (Å²) in [5, 5.41) is 8.83. The molecule has 0 fully saturated rings. The zero-order chi connectivity index (χ0) is 19.4. The van der Waals surface area contributed by atoms with Crippen molar-refractivity contribution in [1.29, 1.82) is 0 Å². The molecule has 1 heterocycles. The van der Waals surface area contributed by atoms with E-state index in [1.165, 1.54) is 13.2 Å². The van der Waals surface area contributed by atoms with Crippen LogP contribution < -0.4 is 10.4 Å². The molecule has 0 atom stereocenters. The number of rotatable bonds is 5. The van der Waals surface area contributed by atoms with Gasteiger partial charge in [-0.2, -0.15) is 10.2 Å². The number of ether oxygens (including phenoxy) is 2. The van der Waals surface area contributed by atoms with E-state index >= 15 is 0 Å². The van der Waals surface area contributed by atoms with E-state index in [9.17, 15) is 9.59 Å². The third-order valence-electron chi connectivity index (χ3n) is 3.61. The van der Waals surface area contributed by atoms with E-state index in [1.54, 1.807) is 19.1 Å². The number of carbonyl (C=O) groups excluding carboxylic acids is 1. The van der Waals surface area contributed by atoms with Gasteiger partial charge in [0, 0.05) is 15.9 Å². The van der Waals surface area contributed by atoms with E-state index in [0.29, 0.717) is 22.5 Å². The fourth-order valence-corrected chi connectivity index (χ4v) is 2.64. The Hall–Kier alpha value is -3.00. The molecule has 0 bridgehead atoms. The number of hydrogen-bond acceptors (Lipinski definition) is 7. The van der Waals surface area contributed by atoms with Crippen molar-refractivity contribution in [2.45, 2.75) is 6.92 Å². The Morgan fingerprint density at radius 3 is 2.48 bits per heavy atom. The number of esters is 1. The van der Waals surface area contributed by atoms with E-state index in [1.807, 2.05) is 24.3 Å². The standard InChI is InChI=1S/C19H15BrN2O5/c1-3-26-18(23)15-9-11-8-14(10-16(25-2)17(11)27-19(15)24)22-21-13-6-4-12(20)5-7-13/h4-10H,3H2,1-2H3. The quantitative estimate of drug-likeness (QED) is 0.316. The van der Waals surface area contributed by atoms with Gasteiger partial charge in [-0.1, -0.05) is 15.9 Å². The smallest absolute Gasteiger partial charge is 0.351 e. The number of benzene rings is 2. The summed E-state index contributed by atoms with van der Waals surface area (Å²) in [7, 11) is 1.45. The maximum atomic E-state index is 12.1. The third-order valence-corrected chi connectivity index (χ3v) is 4.13. The summed E-state index contributed by atoms with van der Waals surface area (Å²) in [5.74, 6) is -0.432. The first-order valence-electron chi connectivity index (χ1n) is 8.02. The largest absolute Gasteiger partial charge is 0.493 e. The van der Waals surface area contributed by atoms with Crippen LogP contribution in [0.15, 0.2) is 66.4 Å². The minimum absolute atomic E-state index is 0.154. The monoisotopic (exact) mass is 430 g/mol. The van der Waals surface area contributed by atoms with Gasteiger partial charge in [-0.25, -0.2) is 9.59 Å². The van der Waals surface area contributed by atoms with Gasteiger partial charge in [0.05, 0.1) is 25.1 Å². The molecule has 0 aliphatic rings. The second-order valence-corrected chi connectivity index (χ2v) is 6.33. The molecular formula is C19H15BrN2O5. The molecule has 0 aliphatic heterocycles. The van der Waals surface area contributed by atoms with Crippen LogP contribution in [0.4, 0.5) is 11.4 Å². The fourth-order valence-electron chi connectivity index (χ4n) is 2.37. The van der Waals surface area contributed by atoms with Crippen LogP contribution >= 0.6 is 15.9 Å². The van der Waals surface area contributed by atoms with Crippen molar-refractivity contribution in [1.82, 2.24) is 0 Å². The topological polar surface area (TPSA) is 90.5 Å². The van der Waals surface area contributed by atoms with E-state index in [-0.39, 0.29) is 17.8 Å². The minimum atomic E-state index is -0.788. The molecule has 0 spiro atoms. The highest BCUT2D eigenvalue weighted by Crippen LogP contribution is 2.32. The number of methoxy groups -OCH3 is 1. The second kappa shape index (κ2) is 8.13. The lowest BCUT2D eigenvalue weighted by molar-refractivity contribution is 0.0521. The summed E-state index contributed by atoms with van der Waals surface area (Å²) in [6.45, 7) is 1.81. The normalized spacial score (nSPS) is 11.1. The van der Waals surface area contributed by atoms with Crippen molar-refractivity contribution in [3.63, 3.8) is 0 Å². The third kappa shape index (κ3) is 4.22. The predicted molar refractivity (Wildman–Crippen MR) is 103 cm³/mol. The Morgan fingerprint density at radius 2 is 1.81 bits per heavy atom. The van der Waals surface area contributed by atoms with Gasteiger partial charge < -0.3 is 13.9 Å². The van der Waals surface area contributed by atoms with Crippen molar-refractivity contribution in [3.8, 4) is 5.75 Å². The molecule has 3 aromatic rings. The van der Waals surface area contributed by atoms with Crippen LogP contribution in [0.25, 0.3) is 11.0 Å². The lowest BCUT2D eigenvalue weighted by atomic mass is 10.1. The molecule has 27 heavy (non-hydrogen) atoms. The van der Waals surface area contributed by atoms with Crippen LogP contribution in [0.2, 0.25) is 0 Å². The minimum Gasteiger partial charge on any atom is -0.493 e. The van der Waals surface area contributed by atoms with E-state index in [0.717, 1.165) is 4.47 Å². The molecule has 0 aliphatic carbocycles. The molecule has 7 nitrogen and oxygen atoms in total. The molecule has 138 valence electrons. The molecular weight excluding hydrogens is 416 g/mol. The average Bonchev–Trinajstić information content (AvgIpc) is 2.66. The van der Waals surface area contributed by atoms with Gasteiger partial charge in [-0.05, 0) is 43.3 Å². The van der Waals surface area contributed by atoms with Crippen molar-refractivity contribution in [2.75, 3.05) is 13.7 Å². The van der Waals surface area contributed by atoms with Gasteiger partial charge in [0.15, 0.2) is 11.3 Å². The summed E-state index contributed by atoms with van der Waals surface area (Å²) in [6.07, 6.45) is 0. The molecule has 1 aromatic heterocycles. The summed E-state index contributed by atoms with van der Waals surface area (Å²) >= 11 is 3.36. The second-order valence-electron chi connectivity index (χ2n) is 5.41. The lowest BCUT2D eigenvalue weighted by Gasteiger charge is -2.07. The zero-order valence-corrected chi connectivity index (χ0v) is 16.1. The Kier molecular flexibility index (Phi) is 5.66. The highest BCUT2D eigenvalue weighted by Gasteiger charge is 2.17. The lowest BCUT2D eigenvalue weighted by Crippen LogP contribution is -2.16. The van der Waals surface area contributed by atoms with Crippen molar-refractivity contribution < 1.29 is 18.7 Å². The summed E-state index contributed by atoms with van der Waals surface area (Å²) in [6, 6.07) is 12.0. The molecule has 0 radical (unpaired) electrons. The number of nitrogens with zero attached hydrogens (tertiary/aromatic N) is 2. The van der Waals surface area contributed by atoms with Gasteiger partial charge >= 0.3 is 11.6 Å². The maximum Gasteiger partial charge on any atom is 0.351 e. The van der Waals surface area contributed by atoms with Crippen molar-refractivity contribution in [3.05, 3.63) is 62.9 Å². The number of halogens is 1. The fraction of sp³-hybridized carbons (Fsp3) is 0.158.